The van der Waals surface area contributed by atoms with E-state index in [1.54, 1.807) is 7.05 Å². The van der Waals surface area contributed by atoms with Crippen molar-refractivity contribution in [3.63, 3.8) is 0 Å². The van der Waals surface area contributed by atoms with E-state index in [4.69, 9.17) is 4.74 Å². The SMILES string of the molecule is CN=C(NCC(c1ccc(F)cc1)N(C)C)N(C)CCOCC1CC1.I. The summed E-state index contributed by atoms with van der Waals surface area (Å²) in [5.41, 5.74) is 1.07. The molecule has 0 saturated heterocycles. The minimum Gasteiger partial charge on any atom is -0.379 e. The largest absolute Gasteiger partial charge is 0.379 e. The summed E-state index contributed by atoms with van der Waals surface area (Å²) in [6.45, 7) is 3.09. The van der Waals surface area contributed by atoms with E-state index in [-0.39, 0.29) is 35.8 Å². The molecule has 1 aliphatic carbocycles. The zero-order chi connectivity index (χ0) is 18.2. The fraction of sp³-hybridized carbons (Fsp3) is 0.632. The van der Waals surface area contributed by atoms with Crippen LogP contribution in [0.15, 0.2) is 29.3 Å². The van der Waals surface area contributed by atoms with Crippen molar-refractivity contribution in [2.24, 2.45) is 10.9 Å². The van der Waals surface area contributed by atoms with Gasteiger partial charge in [0, 0.05) is 33.8 Å². The normalized spacial score (nSPS) is 15.5. The molecule has 1 aliphatic rings. The smallest absolute Gasteiger partial charge is 0.193 e. The monoisotopic (exact) mass is 478 g/mol. The highest BCUT2D eigenvalue weighted by molar-refractivity contribution is 14.0. The van der Waals surface area contributed by atoms with E-state index in [2.05, 4.69) is 20.1 Å². The van der Waals surface area contributed by atoms with Gasteiger partial charge >= 0.3 is 0 Å². The lowest BCUT2D eigenvalue weighted by Crippen LogP contribution is -2.43. The zero-order valence-corrected chi connectivity index (χ0v) is 18.6. The van der Waals surface area contributed by atoms with Gasteiger partial charge in [-0.15, -0.1) is 24.0 Å². The molecule has 2 rings (SSSR count). The summed E-state index contributed by atoms with van der Waals surface area (Å²) in [6, 6.07) is 6.81. The minimum atomic E-state index is -0.212. The maximum absolute atomic E-state index is 13.2. The van der Waals surface area contributed by atoms with E-state index in [0.717, 1.165) is 30.6 Å². The van der Waals surface area contributed by atoms with E-state index in [1.165, 1.54) is 25.0 Å². The lowest BCUT2D eigenvalue weighted by molar-refractivity contribution is 0.115. The fourth-order valence-corrected chi connectivity index (χ4v) is 2.70. The Morgan fingerprint density at radius 2 is 1.92 bits per heavy atom. The molecule has 1 N–H and O–H groups in total. The first-order chi connectivity index (χ1) is 12.0. The summed E-state index contributed by atoms with van der Waals surface area (Å²) >= 11 is 0. The quantitative estimate of drug-likeness (QED) is 0.257. The van der Waals surface area contributed by atoms with Crippen molar-refractivity contribution in [2.45, 2.75) is 18.9 Å². The second-order valence-electron chi connectivity index (χ2n) is 6.90. The molecule has 0 spiro atoms. The van der Waals surface area contributed by atoms with Crippen molar-refractivity contribution in [3.8, 4) is 0 Å². The van der Waals surface area contributed by atoms with Crippen LogP contribution in [0.25, 0.3) is 0 Å². The summed E-state index contributed by atoms with van der Waals surface area (Å²) in [5, 5.41) is 3.41. The lowest BCUT2D eigenvalue weighted by Gasteiger charge is -2.28. The second-order valence-corrected chi connectivity index (χ2v) is 6.90. The van der Waals surface area contributed by atoms with E-state index >= 15 is 0 Å². The van der Waals surface area contributed by atoms with Gasteiger partial charge in [-0.2, -0.15) is 0 Å². The van der Waals surface area contributed by atoms with Crippen molar-refractivity contribution in [1.82, 2.24) is 15.1 Å². The van der Waals surface area contributed by atoms with Gasteiger partial charge < -0.3 is 19.9 Å². The van der Waals surface area contributed by atoms with Crippen LogP contribution in [0.5, 0.6) is 0 Å². The molecule has 1 aromatic carbocycles. The number of nitrogens with zero attached hydrogens (tertiary/aromatic N) is 3. The Hall–Kier alpha value is -0.930. The second kappa shape index (κ2) is 11.7. The molecule has 7 heteroatoms. The number of hydrogen-bond donors (Lipinski definition) is 1. The predicted octanol–water partition coefficient (Wildman–Crippen LogP) is 2.98. The van der Waals surface area contributed by atoms with Crippen LogP contribution < -0.4 is 5.32 Å². The van der Waals surface area contributed by atoms with Crippen molar-refractivity contribution >= 4 is 29.9 Å². The van der Waals surface area contributed by atoms with E-state index in [0.29, 0.717) is 13.2 Å². The zero-order valence-electron chi connectivity index (χ0n) is 16.2. The molecule has 1 unspecified atom stereocenters. The lowest BCUT2D eigenvalue weighted by atomic mass is 10.1. The Morgan fingerprint density at radius 3 is 2.46 bits per heavy atom. The number of benzene rings is 1. The molecule has 0 heterocycles. The van der Waals surface area contributed by atoms with Gasteiger partial charge in [-0.05, 0) is 50.6 Å². The van der Waals surface area contributed by atoms with Crippen LogP contribution in [-0.4, -0.2) is 70.3 Å². The standard InChI is InChI=1S/C19H31FN4O.HI/c1-21-19(24(4)11-12-25-14-15-5-6-15)22-13-18(23(2)3)16-7-9-17(20)10-8-16;/h7-10,15,18H,5-6,11-14H2,1-4H3,(H,21,22);1H. The number of aliphatic imine (C=N–C) groups is 1. The molecular weight excluding hydrogens is 446 g/mol. The van der Waals surface area contributed by atoms with Crippen molar-refractivity contribution < 1.29 is 9.13 Å². The Morgan fingerprint density at radius 1 is 1.27 bits per heavy atom. The van der Waals surface area contributed by atoms with Crippen molar-refractivity contribution in [3.05, 3.63) is 35.6 Å². The first-order valence-corrected chi connectivity index (χ1v) is 8.92. The highest BCUT2D eigenvalue weighted by atomic mass is 127. The molecule has 1 atom stereocenters. The Labute approximate surface area is 174 Å². The number of likely N-dealkylation sites (N-methyl/N-ethyl adjacent to an activating group) is 2. The van der Waals surface area contributed by atoms with E-state index < -0.39 is 0 Å². The summed E-state index contributed by atoms with van der Waals surface area (Å²) in [7, 11) is 7.84. The first kappa shape index (κ1) is 23.1. The van der Waals surface area contributed by atoms with Gasteiger partial charge in [0.2, 0.25) is 0 Å². The summed E-state index contributed by atoms with van der Waals surface area (Å²) in [5.74, 6) is 1.42. The molecule has 0 amide bonds. The molecule has 0 radical (unpaired) electrons. The number of hydrogen-bond acceptors (Lipinski definition) is 3. The van der Waals surface area contributed by atoms with Crippen LogP contribution in [0.2, 0.25) is 0 Å². The molecule has 1 saturated carbocycles. The average molecular weight is 478 g/mol. The van der Waals surface area contributed by atoms with Crippen molar-refractivity contribution in [1.29, 1.82) is 0 Å². The number of halogens is 2. The van der Waals surface area contributed by atoms with Gasteiger partial charge in [-0.3, -0.25) is 4.99 Å². The number of nitrogens with one attached hydrogen (secondary N) is 1. The molecule has 148 valence electrons. The van der Waals surface area contributed by atoms with Crippen LogP contribution >= 0.6 is 24.0 Å². The predicted molar refractivity (Wildman–Crippen MR) is 116 cm³/mol. The van der Waals surface area contributed by atoms with Gasteiger partial charge in [0.25, 0.3) is 0 Å². The first-order valence-electron chi connectivity index (χ1n) is 8.92. The minimum absolute atomic E-state index is 0. The molecule has 0 aliphatic heterocycles. The molecule has 0 aromatic heterocycles. The van der Waals surface area contributed by atoms with E-state index in [9.17, 15) is 4.39 Å². The summed E-state index contributed by atoms with van der Waals surface area (Å²) < 4.78 is 18.9. The molecular formula is C19H32FIN4O. The number of rotatable bonds is 9. The van der Waals surface area contributed by atoms with Gasteiger partial charge in [0.05, 0.1) is 12.6 Å². The van der Waals surface area contributed by atoms with Crippen molar-refractivity contribution in [2.75, 3.05) is 54.5 Å². The molecule has 1 fully saturated rings. The third kappa shape index (κ3) is 7.75. The molecule has 0 bridgehead atoms. The summed E-state index contributed by atoms with van der Waals surface area (Å²) in [4.78, 5) is 8.54. The van der Waals surface area contributed by atoms with Crippen LogP contribution in [0.4, 0.5) is 4.39 Å². The van der Waals surface area contributed by atoms with Gasteiger partial charge in [-0.1, -0.05) is 12.1 Å². The van der Waals surface area contributed by atoms with Gasteiger partial charge in [-0.25, -0.2) is 4.39 Å². The maximum atomic E-state index is 13.2. The Kier molecular flexibility index (Phi) is 10.4. The van der Waals surface area contributed by atoms with Gasteiger partial charge in [0.1, 0.15) is 5.82 Å². The third-order valence-electron chi connectivity index (χ3n) is 4.53. The summed E-state index contributed by atoms with van der Waals surface area (Å²) in [6.07, 6.45) is 2.63. The van der Waals surface area contributed by atoms with Gasteiger partial charge in [0.15, 0.2) is 5.96 Å². The topological polar surface area (TPSA) is 40.1 Å². The maximum Gasteiger partial charge on any atom is 0.193 e. The van der Waals surface area contributed by atoms with Crippen LogP contribution in [0.1, 0.15) is 24.4 Å². The Bertz CT molecular complexity index is 549. The number of ether oxygens (including phenoxy) is 1. The highest BCUT2D eigenvalue weighted by Gasteiger charge is 2.21. The molecule has 26 heavy (non-hydrogen) atoms. The number of guanidine groups is 1. The fourth-order valence-electron chi connectivity index (χ4n) is 2.70. The van der Waals surface area contributed by atoms with Crippen LogP contribution in [0.3, 0.4) is 0 Å². The highest BCUT2D eigenvalue weighted by Crippen LogP contribution is 2.28. The average Bonchev–Trinajstić information content (AvgIpc) is 3.41. The van der Waals surface area contributed by atoms with E-state index in [1.807, 2.05) is 33.3 Å². The molecule has 5 nitrogen and oxygen atoms in total. The van der Waals surface area contributed by atoms with Crippen LogP contribution in [0, 0.1) is 11.7 Å². The van der Waals surface area contributed by atoms with Crippen LogP contribution in [-0.2, 0) is 4.74 Å². The Balaban J connectivity index is 0.00000338. The third-order valence-corrected chi connectivity index (χ3v) is 4.53. The molecule has 1 aromatic rings.